The number of carbonyl (C=O) groups is 1. The fourth-order valence-electron chi connectivity index (χ4n) is 5.13. The monoisotopic (exact) mass is 371 g/mol. The lowest BCUT2D eigenvalue weighted by Gasteiger charge is -2.36. The number of piperazine rings is 1. The van der Waals surface area contributed by atoms with Crippen molar-refractivity contribution < 1.29 is 13.2 Å². The van der Waals surface area contributed by atoms with Gasteiger partial charge in [-0.05, 0) is 31.1 Å². The molecule has 2 atom stereocenters. The van der Waals surface area contributed by atoms with E-state index in [0.717, 1.165) is 26.1 Å². The first-order valence-electron chi connectivity index (χ1n) is 9.41. The fraction of sp³-hybridized carbons (Fsp3) is 0.944. The second kappa shape index (κ2) is 5.67. The molecular formula is C18H33N3O3S. The molecule has 2 heterocycles. The molecule has 0 aromatic carbocycles. The average Bonchev–Trinajstić information content (AvgIpc) is 3.00. The number of nitrogens with one attached hydrogen (secondary N) is 1. The SMILES string of the molecule is CCS(=O)(=O)NCCN1C[C@@H]2C[C@H]1CN2C(=O)C1(C)C(C)(C)C1(C)C. The summed E-state index contributed by atoms with van der Waals surface area (Å²) in [7, 11) is -3.13. The molecule has 2 aliphatic heterocycles. The largest absolute Gasteiger partial charge is 0.336 e. The number of nitrogens with zero attached hydrogens (tertiary/aromatic N) is 2. The third-order valence-electron chi connectivity index (χ3n) is 8.14. The quantitative estimate of drug-likeness (QED) is 0.764. The van der Waals surface area contributed by atoms with Crippen LogP contribution in [0.25, 0.3) is 0 Å². The highest BCUT2D eigenvalue weighted by Crippen LogP contribution is 2.78. The molecule has 0 unspecified atom stereocenters. The van der Waals surface area contributed by atoms with E-state index in [1.807, 2.05) is 0 Å². The summed E-state index contributed by atoms with van der Waals surface area (Å²) in [6.45, 7) is 15.4. The number of amides is 1. The predicted octanol–water partition coefficient (Wildman–Crippen LogP) is 1.28. The van der Waals surface area contributed by atoms with Crippen molar-refractivity contribution in [3.8, 4) is 0 Å². The number of likely N-dealkylation sites (tertiary alicyclic amines) is 2. The summed E-state index contributed by atoms with van der Waals surface area (Å²) in [5.41, 5.74) is -0.236. The van der Waals surface area contributed by atoms with Crippen molar-refractivity contribution >= 4 is 15.9 Å². The molecule has 1 N–H and O–H groups in total. The van der Waals surface area contributed by atoms with Gasteiger partial charge in [0.1, 0.15) is 0 Å². The van der Waals surface area contributed by atoms with Gasteiger partial charge in [0.15, 0.2) is 0 Å². The summed E-state index contributed by atoms with van der Waals surface area (Å²) < 4.78 is 25.7. The summed E-state index contributed by atoms with van der Waals surface area (Å²) in [4.78, 5) is 17.7. The lowest BCUT2D eigenvalue weighted by atomic mass is 9.95. The van der Waals surface area contributed by atoms with Gasteiger partial charge in [0.2, 0.25) is 15.9 Å². The van der Waals surface area contributed by atoms with E-state index >= 15 is 0 Å². The van der Waals surface area contributed by atoms with Crippen LogP contribution in [0.2, 0.25) is 0 Å². The predicted molar refractivity (Wildman–Crippen MR) is 98.6 cm³/mol. The highest BCUT2D eigenvalue weighted by molar-refractivity contribution is 7.89. The van der Waals surface area contributed by atoms with Gasteiger partial charge in [0.25, 0.3) is 0 Å². The minimum Gasteiger partial charge on any atom is -0.336 e. The van der Waals surface area contributed by atoms with Crippen LogP contribution >= 0.6 is 0 Å². The van der Waals surface area contributed by atoms with Crippen LogP contribution in [0.4, 0.5) is 0 Å². The van der Waals surface area contributed by atoms with Gasteiger partial charge in [-0.3, -0.25) is 9.69 Å². The van der Waals surface area contributed by atoms with Crippen molar-refractivity contribution in [3.63, 3.8) is 0 Å². The van der Waals surface area contributed by atoms with E-state index in [1.165, 1.54) is 0 Å². The van der Waals surface area contributed by atoms with E-state index < -0.39 is 10.0 Å². The maximum absolute atomic E-state index is 13.3. The molecule has 7 heteroatoms. The molecule has 1 amide bonds. The van der Waals surface area contributed by atoms with Gasteiger partial charge < -0.3 is 4.90 Å². The molecule has 1 saturated carbocycles. The van der Waals surface area contributed by atoms with Crippen LogP contribution in [0, 0.1) is 16.2 Å². The average molecular weight is 372 g/mol. The Hall–Kier alpha value is -0.660. The Kier molecular flexibility index (Phi) is 4.33. The number of rotatable bonds is 6. The highest BCUT2D eigenvalue weighted by Gasteiger charge is 2.79. The van der Waals surface area contributed by atoms with Gasteiger partial charge in [-0.1, -0.05) is 27.7 Å². The molecule has 0 aromatic heterocycles. The molecule has 2 saturated heterocycles. The van der Waals surface area contributed by atoms with Crippen molar-refractivity contribution in [3.05, 3.63) is 0 Å². The van der Waals surface area contributed by atoms with E-state index in [1.54, 1.807) is 6.92 Å². The number of hydrogen-bond donors (Lipinski definition) is 1. The second-order valence-electron chi connectivity index (χ2n) is 9.17. The minimum atomic E-state index is -3.13. The molecule has 1 aliphatic carbocycles. The van der Waals surface area contributed by atoms with Gasteiger partial charge in [0.05, 0.1) is 11.2 Å². The van der Waals surface area contributed by atoms with Crippen molar-refractivity contribution in [1.82, 2.24) is 14.5 Å². The van der Waals surface area contributed by atoms with Crippen molar-refractivity contribution in [2.75, 3.05) is 31.9 Å². The van der Waals surface area contributed by atoms with Crippen LogP contribution in [0.3, 0.4) is 0 Å². The number of sulfonamides is 1. The first-order valence-corrected chi connectivity index (χ1v) is 11.1. The minimum absolute atomic E-state index is 0.0248. The first-order chi connectivity index (χ1) is 11.4. The summed E-state index contributed by atoms with van der Waals surface area (Å²) in [6, 6.07) is 0.651. The summed E-state index contributed by atoms with van der Waals surface area (Å²) in [5, 5.41) is 0. The van der Waals surface area contributed by atoms with Crippen LogP contribution in [-0.4, -0.2) is 68.1 Å². The third kappa shape index (κ3) is 2.57. The van der Waals surface area contributed by atoms with Gasteiger partial charge >= 0.3 is 0 Å². The topological polar surface area (TPSA) is 69.7 Å². The number of hydrogen-bond acceptors (Lipinski definition) is 4. The molecule has 3 aliphatic rings. The Morgan fingerprint density at radius 3 is 2.12 bits per heavy atom. The summed E-state index contributed by atoms with van der Waals surface area (Å²) in [6.07, 6.45) is 1.02. The van der Waals surface area contributed by atoms with E-state index in [4.69, 9.17) is 0 Å². The van der Waals surface area contributed by atoms with Crippen molar-refractivity contribution in [2.45, 2.75) is 60.0 Å². The number of fused-ring (bicyclic) bond motifs is 2. The van der Waals surface area contributed by atoms with Crippen molar-refractivity contribution in [2.24, 2.45) is 16.2 Å². The molecule has 0 radical (unpaired) electrons. The number of carbonyl (C=O) groups excluding carboxylic acids is 1. The standard InChI is InChI=1S/C18H33N3O3S/c1-7-25(23,24)19-8-9-20-11-14-10-13(20)12-21(14)15(22)18(6)16(2,3)17(18,4)5/h13-14,19H,7-12H2,1-6H3/t13-,14-/m0/s1. The summed E-state index contributed by atoms with van der Waals surface area (Å²) >= 11 is 0. The molecule has 0 aromatic rings. The van der Waals surface area contributed by atoms with Gasteiger partial charge in [0, 0.05) is 38.3 Å². The Balaban J connectivity index is 1.57. The molecule has 3 rings (SSSR count). The zero-order chi connectivity index (χ0) is 18.8. The molecule has 2 bridgehead atoms. The molecule has 3 fully saturated rings. The van der Waals surface area contributed by atoms with E-state index in [-0.39, 0.29) is 28.0 Å². The molecule has 25 heavy (non-hydrogen) atoms. The molecular weight excluding hydrogens is 338 g/mol. The van der Waals surface area contributed by atoms with Crippen molar-refractivity contribution in [1.29, 1.82) is 0 Å². The lowest BCUT2D eigenvalue weighted by molar-refractivity contribution is -0.141. The second-order valence-corrected chi connectivity index (χ2v) is 11.3. The maximum atomic E-state index is 13.3. The zero-order valence-corrected chi connectivity index (χ0v) is 17.2. The van der Waals surface area contributed by atoms with Gasteiger partial charge in [-0.15, -0.1) is 0 Å². The lowest BCUT2D eigenvalue weighted by Crippen LogP contribution is -2.52. The van der Waals surface area contributed by atoms with E-state index in [0.29, 0.717) is 18.5 Å². The fourth-order valence-corrected chi connectivity index (χ4v) is 5.74. The Bertz CT molecular complexity index is 657. The van der Waals surface area contributed by atoms with Crippen LogP contribution < -0.4 is 4.72 Å². The van der Waals surface area contributed by atoms with Crippen LogP contribution in [0.5, 0.6) is 0 Å². The molecule has 6 nitrogen and oxygen atoms in total. The Labute approximate surface area is 152 Å². The Morgan fingerprint density at radius 1 is 1.08 bits per heavy atom. The maximum Gasteiger partial charge on any atom is 0.229 e. The third-order valence-corrected chi connectivity index (χ3v) is 9.55. The first kappa shape index (κ1) is 19.1. The van der Waals surface area contributed by atoms with Crippen LogP contribution in [0.15, 0.2) is 0 Å². The zero-order valence-electron chi connectivity index (χ0n) is 16.4. The van der Waals surface area contributed by atoms with E-state index in [9.17, 15) is 13.2 Å². The molecule has 0 spiro atoms. The van der Waals surface area contributed by atoms with Gasteiger partial charge in [-0.2, -0.15) is 0 Å². The van der Waals surface area contributed by atoms with Crippen LogP contribution in [-0.2, 0) is 14.8 Å². The highest BCUT2D eigenvalue weighted by atomic mass is 32.2. The van der Waals surface area contributed by atoms with E-state index in [2.05, 4.69) is 49.1 Å². The summed E-state index contributed by atoms with van der Waals surface area (Å²) in [5.74, 6) is 0.423. The smallest absolute Gasteiger partial charge is 0.229 e. The normalized spacial score (nSPS) is 32.2. The van der Waals surface area contributed by atoms with Crippen LogP contribution in [0.1, 0.15) is 48.0 Å². The Morgan fingerprint density at radius 2 is 1.68 bits per heavy atom. The van der Waals surface area contributed by atoms with Gasteiger partial charge in [-0.25, -0.2) is 13.1 Å². The molecule has 144 valence electrons.